The predicted molar refractivity (Wildman–Crippen MR) is 140 cm³/mol. The molecule has 8 heteroatoms. The van der Waals surface area contributed by atoms with Crippen molar-refractivity contribution in [3.05, 3.63) is 113 Å². The Morgan fingerprint density at radius 3 is 2.75 bits per heavy atom. The minimum atomic E-state index is -0.462. The summed E-state index contributed by atoms with van der Waals surface area (Å²) >= 11 is 6.20. The quantitative estimate of drug-likeness (QED) is 0.192. The molecule has 0 saturated heterocycles. The minimum absolute atomic E-state index is 0.0761. The highest BCUT2D eigenvalue weighted by Gasteiger charge is 2.12. The van der Waals surface area contributed by atoms with Crippen molar-refractivity contribution in [2.24, 2.45) is 5.10 Å². The number of fused-ring (bicyclic) bond motifs is 1. The molecular formula is C28H21ClN4O3. The molecule has 0 fully saturated rings. The van der Waals surface area contributed by atoms with E-state index in [2.05, 4.69) is 20.7 Å². The van der Waals surface area contributed by atoms with Crippen molar-refractivity contribution < 1.29 is 14.6 Å². The third kappa shape index (κ3) is 5.06. The molecular weight excluding hydrogens is 476 g/mol. The van der Waals surface area contributed by atoms with E-state index >= 15 is 0 Å². The summed E-state index contributed by atoms with van der Waals surface area (Å²) in [6.07, 6.45) is 1.42. The number of H-pyrrole nitrogens is 1. The lowest BCUT2D eigenvalue weighted by Gasteiger charge is -2.08. The number of phenolic OH excluding ortho intramolecular Hbond substituents is 1. The maximum absolute atomic E-state index is 12.6. The highest BCUT2D eigenvalue weighted by atomic mass is 35.5. The van der Waals surface area contributed by atoms with Gasteiger partial charge in [0.1, 0.15) is 23.8 Å². The molecule has 0 bridgehead atoms. The highest BCUT2D eigenvalue weighted by Crippen LogP contribution is 2.26. The van der Waals surface area contributed by atoms with E-state index in [1.165, 1.54) is 6.21 Å². The summed E-state index contributed by atoms with van der Waals surface area (Å²) in [5.41, 5.74) is 5.49. The number of carbonyl (C=O) groups is 1. The molecule has 0 aliphatic carbocycles. The van der Waals surface area contributed by atoms with E-state index in [0.717, 1.165) is 21.9 Å². The maximum atomic E-state index is 12.6. The normalized spacial score (nSPS) is 11.1. The van der Waals surface area contributed by atoms with Crippen molar-refractivity contribution in [2.45, 2.75) is 6.61 Å². The van der Waals surface area contributed by atoms with Crippen LogP contribution < -0.4 is 10.2 Å². The van der Waals surface area contributed by atoms with Crippen LogP contribution in [0.2, 0.25) is 5.02 Å². The fourth-order valence-corrected chi connectivity index (χ4v) is 3.93. The number of rotatable bonds is 7. The third-order valence-electron chi connectivity index (χ3n) is 5.61. The number of aromatic nitrogens is 2. The molecule has 4 aromatic carbocycles. The van der Waals surface area contributed by atoms with E-state index < -0.39 is 5.91 Å². The van der Waals surface area contributed by atoms with Gasteiger partial charge in [0, 0.05) is 21.7 Å². The number of carbonyl (C=O) groups excluding carboxylic acids is 1. The number of halogens is 1. The summed E-state index contributed by atoms with van der Waals surface area (Å²) in [6, 6.07) is 27.6. The summed E-state index contributed by atoms with van der Waals surface area (Å²) in [5.74, 6) is 0.268. The first-order valence-corrected chi connectivity index (χ1v) is 11.5. The second-order valence-electron chi connectivity index (χ2n) is 7.99. The molecule has 36 heavy (non-hydrogen) atoms. The van der Waals surface area contributed by atoms with Crippen molar-refractivity contribution in [3.63, 3.8) is 0 Å². The van der Waals surface area contributed by atoms with Gasteiger partial charge >= 0.3 is 0 Å². The van der Waals surface area contributed by atoms with Crippen molar-refractivity contribution in [3.8, 4) is 22.8 Å². The summed E-state index contributed by atoms with van der Waals surface area (Å²) in [6.45, 7) is 0.335. The van der Waals surface area contributed by atoms with E-state index in [0.29, 0.717) is 28.6 Å². The van der Waals surface area contributed by atoms with Crippen molar-refractivity contribution >= 4 is 34.5 Å². The first-order valence-electron chi connectivity index (χ1n) is 11.1. The molecule has 178 valence electrons. The van der Waals surface area contributed by atoms with Crippen LogP contribution in [-0.4, -0.2) is 27.4 Å². The third-order valence-corrected chi connectivity index (χ3v) is 5.98. The first-order chi connectivity index (χ1) is 17.6. The molecule has 0 atom stereocenters. The number of phenols is 1. The summed E-state index contributed by atoms with van der Waals surface area (Å²) in [5, 5.41) is 23.7. The molecule has 7 nitrogen and oxygen atoms in total. The van der Waals surface area contributed by atoms with Gasteiger partial charge in [-0.1, -0.05) is 72.3 Å². The number of aromatic hydroxyl groups is 1. The minimum Gasteiger partial charge on any atom is -0.507 e. The average molecular weight is 497 g/mol. The van der Waals surface area contributed by atoms with Gasteiger partial charge in [-0.15, -0.1) is 0 Å². The lowest BCUT2D eigenvalue weighted by Crippen LogP contribution is -2.18. The topological polar surface area (TPSA) is 99.6 Å². The van der Waals surface area contributed by atoms with Gasteiger partial charge in [0.25, 0.3) is 5.91 Å². The molecule has 0 unspecified atom stereocenters. The lowest BCUT2D eigenvalue weighted by atomic mass is 10.0. The number of aromatic amines is 1. The van der Waals surface area contributed by atoms with Crippen molar-refractivity contribution in [1.82, 2.24) is 15.6 Å². The average Bonchev–Trinajstić information content (AvgIpc) is 3.40. The Labute approximate surface area is 212 Å². The standard InChI is InChI=1S/C28H21ClN4O3/c29-24-11-4-2-7-20(24)17-36-21-9-5-8-19(14-21)25-15-26(32-31-25)28(35)33-30-16-23-22-10-3-1-6-18(22)12-13-27(23)34/h1-16,34H,17H2,(H,31,32)(H,33,35)/b30-16-. The molecule has 1 aromatic heterocycles. The maximum Gasteiger partial charge on any atom is 0.289 e. The van der Waals surface area contributed by atoms with Gasteiger partial charge in [0.05, 0.1) is 11.9 Å². The van der Waals surface area contributed by atoms with Crippen LogP contribution in [0, 0.1) is 0 Å². The molecule has 0 spiro atoms. The van der Waals surface area contributed by atoms with E-state index in [9.17, 15) is 9.90 Å². The molecule has 0 aliphatic heterocycles. The van der Waals surface area contributed by atoms with Crippen LogP contribution in [0.15, 0.2) is 96.1 Å². The number of hydrazone groups is 1. The predicted octanol–water partition coefficient (Wildman–Crippen LogP) is 5.93. The zero-order valence-corrected chi connectivity index (χ0v) is 19.7. The van der Waals surface area contributed by atoms with Gasteiger partial charge in [0.2, 0.25) is 0 Å². The van der Waals surface area contributed by atoms with E-state index in [1.807, 2.05) is 78.9 Å². The Morgan fingerprint density at radius 1 is 1.03 bits per heavy atom. The number of hydrogen-bond acceptors (Lipinski definition) is 5. The molecule has 5 rings (SSSR count). The zero-order chi connectivity index (χ0) is 24.9. The number of nitrogens with zero attached hydrogens (tertiary/aromatic N) is 2. The van der Waals surface area contributed by atoms with Crippen molar-refractivity contribution in [1.29, 1.82) is 0 Å². The molecule has 0 radical (unpaired) electrons. The molecule has 5 aromatic rings. The van der Waals surface area contributed by atoms with Crippen molar-refractivity contribution in [2.75, 3.05) is 0 Å². The van der Waals surface area contributed by atoms with Crippen LogP contribution >= 0.6 is 11.6 Å². The second kappa shape index (κ2) is 10.3. The second-order valence-corrected chi connectivity index (χ2v) is 8.40. The Hall–Kier alpha value is -4.62. The molecule has 1 heterocycles. The van der Waals surface area contributed by atoms with Gasteiger partial charge < -0.3 is 9.84 Å². The van der Waals surface area contributed by atoms with Gasteiger partial charge in [-0.2, -0.15) is 10.2 Å². The van der Waals surface area contributed by atoms with Crippen LogP contribution in [0.1, 0.15) is 21.6 Å². The molecule has 0 saturated carbocycles. The monoisotopic (exact) mass is 496 g/mol. The van der Waals surface area contributed by atoms with E-state index in [1.54, 1.807) is 12.1 Å². The first kappa shape index (κ1) is 23.1. The van der Waals surface area contributed by atoms with Gasteiger partial charge in [0.15, 0.2) is 0 Å². The van der Waals surface area contributed by atoms with Crippen LogP contribution in [-0.2, 0) is 6.61 Å². The SMILES string of the molecule is O=C(N/N=C\c1c(O)ccc2ccccc12)c1cc(-c2cccc(OCc3ccccc3Cl)c2)n[nH]1. The van der Waals surface area contributed by atoms with E-state index in [-0.39, 0.29) is 11.4 Å². The fourth-order valence-electron chi connectivity index (χ4n) is 3.74. The van der Waals surface area contributed by atoms with Crippen LogP contribution in [0.25, 0.3) is 22.0 Å². The number of hydrogen-bond donors (Lipinski definition) is 3. The number of ether oxygens (including phenoxy) is 1. The Balaban J connectivity index is 1.26. The fraction of sp³-hybridized carbons (Fsp3) is 0.0357. The largest absolute Gasteiger partial charge is 0.507 e. The van der Waals surface area contributed by atoms with Crippen LogP contribution in [0.3, 0.4) is 0 Å². The zero-order valence-electron chi connectivity index (χ0n) is 19.0. The number of nitrogens with one attached hydrogen (secondary N) is 2. The number of benzene rings is 4. The summed E-state index contributed by atoms with van der Waals surface area (Å²) in [4.78, 5) is 12.6. The molecule has 3 N–H and O–H groups in total. The van der Waals surface area contributed by atoms with Crippen LogP contribution in [0.5, 0.6) is 11.5 Å². The van der Waals surface area contributed by atoms with Crippen LogP contribution in [0.4, 0.5) is 0 Å². The summed E-state index contributed by atoms with van der Waals surface area (Å²) < 4.78 is 5.88. The van der Waals surface area contributed by atoms with Gasteiger partial charge in [-0.05, 0) is 41.1 Å². The Kier molecular flexibility index (Phi) is 6.64. The van der Waals surface area contributed by atoms with Gasteiger partial charge in [-0.25, -0.2) is 5.43 Å². The molecule has 1 amide bonds. The Morgan fingerprint density at radius 2 is 1.86 bits per heavy atom. The van der Waals surface area contributed by atoms with Gasteiger partial charge in [-0.3, -0.25) is 9.89 Å². The number of amides is 1. The van der Waals surface area contributed by atoms with E-state index in [4.69, 9.17) is 16.3 Å². The summed E-state index contributed by atoms with van der Waals surface area (Å²) in [7, 11) is 0. The smallest absolute Gasteiger partial charge is 0.289 e. The molecule has 0 aliphatic rings. The highest BCUT2D eigenvalue weighted by molar-refractivity contribution is 6.31. The Bertz CT molecular complexity index is 1580. The lowest BCUT2D eigenvalue weighted by molar-refractivity contribution is 0.0950.